The predicted molar refractivity (Wildman–Crippen MR) is 80.8 cm³/mol. The molecule has 0 aliphatic heterocycles. The standard InChI is InChI=1S/C16H23N3/c1-4-7-14-8-5-6-9-15(14)18-16-17-10-11-19(16)12-13(2)3/h5-6,8-11,13H,4,7,12H2,1-3H3,(H,17,18). The third-order valence-corrected chi connectivity index (χ3v) is 3.06. The van der Waals surface area contributed by atoms with Gasteiger partial charge in [0.15, 0.2) is 0 Å². The molecular formula is C16H23N3. The Hall–Kier alpha value is -1.77. The molecule has 0 bridgehead atoms. The number of aromatic nitrogens is 2. The van der Waals surface area contributed by atoms with Crippen LogP contribution in [-0.4, -0.2) is 9.55 Å². The molecule has 3 heteroatoms. The Bertz CT molecular complexity index is 514. The summed E-state index contributed by atoms with van der Waals surface area (Å²) in [5, 5.41) is 3.46. The van der Waals surface area contributed by atoms with Crippen LogP contribution >= 0.6 is 0 Å². The average molecular weight is 257 g/mol. The van der Waals surface area contributed by atoms with Crippen molar-refractivity contribution in [2.24, 2.45) is 5.92 Å². The minimum atomic E-state index is 0.612. The van der Waals surface area contributed by atoms with E-state index in [9.17, 15) is 0 Å². The highest BCUT2D eigenvalue weighted by Gasteiger charge is 2.07. The summed E-state index contributed by atoms with van der Waals surface area (Å²) in [7, 11) is 0. The molecule has 0 fully saturated rings. The van der Waals surface area contributed by atoms with Gasteiger partial charge in [0, 0.05) is 24.6 Å². The van der Waals surface area contributed by atoms with Crippen molar-refractivity contribution >= 4 is 11.6 Å². The number of benzene rings is 1. The lowest BCUT2D eigenvalue weighted by Gasteiger charge is -2.14. The van der Waals surface area contributed by atoms with E-state index in [0.29, 0.717) is 5.92 Å². The van der Waals surface area contributed by atoms with Gasteiger partial charge in [-0.3, -0.25) is 0 Å². The maximum atomic E-state index is 4.42. The molecule has 1 aromatic heterocycles. The molecule has 0 atom stereocenters. The third kappa shape index (κ3) is 3.60. The molecule has 0 saturated heterocycles. The number of hydrogen-bond acceptors (Lipinski definition) is 2. The highest BCUT2D eigenvalue weighted by atomic mass is 15.2. The Balaban J connectivity index is 2.19. The van der Waals surface area contributed by atoms with Crippen molar-refractivity contribution in [3.63, 3.8) is 0 Å². The van der Waals surface area contributed by atoms with Crippen LogP contribution in [0.2, 0.25) is 0 Å². The van der Waals surface area contributed by atoms with Gasteiger partial charge in [-0.2, -0.15) is 0 Å². The number of para-hydroxylation sites is 1. The number of rotatable bonds is 6. The molecule has 0 unspecified atom stereocenters. The van der Waals surface area contributed by atoms with E-state index in [-0.39, 0.29) is 0 Å². The second kappa shape index (κ2) is 6.41. The van der Waals surface area contributed by atoms with Crippen molar-refractivity contribution in [1.82, 2.24) is 9.55 Å². The lowest BCUT2D eigenvalue weighted by atomic mass is 10.1. The van der Waals surface area contributed by atoms with Gasteiger partial charge in [0.05, 0.1) is 0 Å². The van der Waals surface area contributed by atoms with Crippen LogP contribution in [0.5, 0.6) is 0 Å². The van der Waals surface area contributed by atoms with E-state index in [1.165, 1.54) is 11.3 Å². The van der Waals surface area contributed by atoms with Crippen LogP contribution in [-0.2, 0) is 13.0 Å². The van der Waals surface area contributed by atoms with Gasteiger partial charge in [0.25, 0.3) is 0 Å². The number of anilines is 2. The van der Waals surface area contributed by atoms with Gasteiger partial charge in [-0.15, -0.1) is 0 Å². The highest BCUT2D eigenvalue weighted by molar-refractivity contribution is 5.58. The largest absolute Gasteiger partial charge is 0.325 e. The summed E-state index contributed by atoms with van der Waals surface area (Å²) < 4.78 is 2.17. The summed E-state index contributed by atoms with van der Waals surface area (Å²) in [6.07, 6.45) is 6.13. The molecule has 1 heterocycles. The predicted octanol–water partition coefficient (Wildman–Crippen LogP) is 4.24. The third-order valence-electron chi connectivity index (χ3n) is 3.06. The van der Waals surface area contributed by atoms with Crippen molar-refractivity contribution in [2.45, 2.75) is 40.2 Å². The monoisotopic (exact) mass is 257 g/mol. The number of nitrogens with one attached hydrogen (secondary N) is 1. The van der Waals surface area contributed by atoms with Gasteiger partial charge in [0.1, 0.15) is 0 Å². The minimum absolute atomic E-state index is 0.612. The highest BCUT2D eigenvalue weighted by Crippen LogP contribution is 2.21. The number of imidazole rings is 1. The van der Waals surface area contributed by atoms with Crippen LogP contribution in [0.4, 0.5) is 11.6 Å². The summed E-state index contributed by atoms with van der Waals surface area (Å²) in [5.41, 5.74) is 2.52. The molecular weight excluding hydrogens is 234 g/mol. The molecule has 0 aliphatic rings. The number of hydrogen-bond donors (Lipinski definition) is 1. The Morgan fingerprint density at radius 3 is 2.79 bits per heavy atom. The fourth-order valence-corrected chi connectivity index (χ4v) is 2.22. The zero-order valence-corrected chi connectivity index (χ0v) is 12.1. The summed E-state index contributed by atoms with van der Waals surface area (Å²) in [6.45, 7) is 7.62. The van der Waals surface area contributed by atoms with E-state index < -0.39 is 0 Å². The Labute approximate surface area is 115 Å². The van der Waals surface area contributed by atoms with E-state index in [1.807, 2.05) is 12.4 Å². The van der Waals surface area contributed by atoms with E-state index in [1.54, 1.807) is 0 Å². The Morgan fingerprint density at radius 2 is 2.05 bits per heavy atom. The molecule has 0 aliphatic carbocycles. The van der Waals surface area contributed by atoms with Crippen LogP contribution < -0.4 is 5.32 Å². The first-order valence-corrected chi connectivity index (χ1v) is 7.06. The maximum Gasteiger partial charge on any atom is 0.207 e. The molecule has 2 rings (SSSR count). The lowest BCUT2D eigenvalue weighted by Crippen LogP contribution is -2.08. The zero-order valence-electron chi connectivity index (χ0n) is 12.1. The summed E-state index contributed by atoms with van der Waals surface area (Å²) in [4.78, 5) is 4.42. The van der Waals surface area contributed by atoms with Crippen molar-refractivity contribution < 1.29 is 0 Å². The normalized spacial score (nSPS) is 10.9. The van der Waals surface area contributed by atoms with Crippen LogP contribution in [0.3, 0.4) is 0 Å². The molecule has 1 N–H and O–H groups in total. The SMILES string of the molecule is CCCc1ccccc1Nc1nccn1CC(C)C. The molecule has 2 aromatic rings. The van der Waals surface area contributed by atoms with Crippen LogP contribution in [0.15, 0.2) is 36.7 Å². The van der Waals surface area contributed by atoms with Gasteiger partial charge < -0.3 is 9.88 Å². The van der Waals surface area contributed by atoms with Crippen LogP contribution in [0.1, 0.15) is 32.8 Å². The van der Waals surface area contributed by atoms with Gasteiger partial charge in [-0.05, 0) is 24.0 Å². The molecule has 0 radical (unpaired) electrons. The molecule has 19 heavy (non-hydrogen) atoms. The molecule has 0 amide bonds. The second-order valence-electron chi connectivity index (χ2n) is 5.33. The summed E-state index contributed by atoms with van der Waals surface area (Å²) in [5.74, 6) is 1.54. The van der Waals surface area contributed by atoms with Crippen molar-refractivity contribution in [3.8, 4) is 0 Å². The maximum absolute atomic E-state index is 4.42. The van der Waals surface area contributed by atoms with Crippen molar-refractivity contribution in [3.05, 3.63) is 42.2 Å². The van der Waals surface area contributed by atoms with E-state index in [2.05, 4.69) is 59.9 Å². The van der Waals surface area contributed by atoms with E-state index >= 15 is 0 Å². The number of aryl methyl sites for hydroxylation is 1. The Kier molecular flexibility index (Phi) is 4.61. The molecule has 1 aromatic carbocycles. The minimum Gasteiger partial charge on any atom is -0.325 e. The van der Waals surface area contributed by atoms with Gasteiger partial charge in [0.2, 0.25) is 5.95 Å². The summed E-state index contributed by atoms with van der Waals surface area (Å²) in [6, 6.07) is 8.47. The average Bonchev–Trinajstić information content (AvgIpc) is 2.79. The lowest BCUT2D eigenvalue weighted by molar-refractivity contribution is 0.527. The van der Waals surface area contributed by atoms with Gasteiger partial charge in [-0.25, -0.2) is 4.98 Å². The first-order valence-electron chi connectivity index (χ1n) is 7.06. The van der Waals surface area contributed by atoms with Gasteiger partial charge in [-0.1, -0.05) is 45.4 Å². The smallest absolute Gasteiger partial charge is 0.207 e. The first-order chi connectivity index (χ1) is 9.20. The molecule has 0 saturated carbocycles. The quantitative estimate of drug-likeness (QED) is 0.839. The fraction of sp³-hybridized carbons (Fsp3) is 0.438. The number of nitrogens with zero attached hydrogens (tertiary/aromatic N) is 2. The van der Waals surface area contributed by atoms with E-state index in [4.69, 9.17) is 0 Å². The second-order valence-corrected chi connectivity index (χ2v) is 5.33. The Morgan fingerprint density at radius 1 is 1.26 bits per heavy atom. The van der Waals surface area contributed by atoms with Crippen LogP contribution in [0, 0.1) is 5.92 Å². The zero-order chi connectivity index (χ0) is 13.7. The molecule has 3 nitrogen and oxygen atoms in total. The van der Waals surface area contributed by atoms with Crippen LogP contribution in [0.25, 0.3) is 0 Å². The van der Waals surface area contributed by atoms with Crippen molar-refractivity contribution in [2.75, 3.05) is 5.32 Å². The molecule has 102 valence electrons. The van der Waals surface area contributed by atoms with Crippen molar-refractivity contribution in [1.29, 1.82) is 0 Å². The van der Waals surface area contributed by atoms with Gasteiger partial charge >= 0.3 is 0 Å². The topological polar surface area (TPSA) is 29.9 Å². The fourth-order valence-electron chi connectivity index (χ4n) is 2.22. The summed E-state index contributed by atoms with van der Waals surface area (Å²) >= 11 is 0. The van der Waals surface area contributed by atoms with E-state index in [0.717, 1.165) is 25.3 Å². The first kappa shape index (κ1) is 13.7. The molecule has 0 spiro atoms.